The average molecular weight is 265 g/mol. The monoisotopic (exact) mass is 265 g/mol. The van der Waals surface area contributed by atoms with Gasteiger partial charge in [0.1, 0.15) is 0 Å². The summed E-state index contributed by atoms with van der Waals surface area (Å²) in [5, 5.41) is 11.3. The number of hydrogen-bond donors (Lipinski definition) is 1. The molecule has 1 N–H and O–H groups in total. The van der Waals surface area contributed by atoms with E-state index < -0.39 is 0 Å². The average Bonchev–Trinajstić information content (AvgIpc) is 2.74. The van der Waals surface area contributed by atoms with E-state index in [9.17, 15) is 5.11 Å². The van der Waals surface area contributed by atoms with Crippen molar-refractivity contribution in [1.82, 2.24) is 4.98 Å². The third kappa shape index (κ3) is 2.35. The second-order valence-electron chi connectivity index (χ2n) is 6.71. The summed E-state index contributed by atoms with van der Waals surface area (Å²) in [5.74, 6) is 0.654. The maximum atomic E-state index is 10.0. The van der Waals surface area contributed by atoms with Crippen LogP contribution in [-0.4, -0.2) is 10.1 Å². The molecule has 1 aromatic heterocycles. The minimum atomic E-state index is -0.293. The van der Waals surface area contributed by atoms with Crippen LogP contribution in [0.5, 0.6) is 0 Å². The first-order valence-corrected chi connectivity index (χ1v) is 8.04. The van der Waals surface area contributed by atoms with Crippen LogP contribution >= 0.6 is 11.3 Å². The second kappa shape index (κ2) is 4.61. The number of aliphatic hydroxyl groups is 1. The SMILES string of the molecule is CC1(C)CCC(c2nc3c(s2)CCCC3O)CC1. The Kier molecular flexibility index (Phi) is 3.23. The van der Waals surface area contributed by atoms with E-state index in [1.165, 1.54) is 35.6 Å². The van der Waals surface area contributed by atoms with Crippen molar-refractivity contribution < 1.29 is 5.11 Å². The summed E-state index contributed by atoms with van der Waals surface area (Å²) in [4.78, 5) is 6.13. The molecule has 1 unspecified atom stereocenters. The molecule has 2 aliphatic carbocycles. The molecule has 0 radical (unpaired) electrons. The summed E-state index contributed by atoms with van der Waals surface area (Å²) >= 11 is 1.87. The molecule has 0 spiro atoms. The van der Waals surface area contributed by atoms with E-state index in [0.717, 1.165) is 25.0 Å². The summed E-state index contributed by atoms with van der Waals surface area (Å²) in [5.41, 5.74) is 1.53. The number of rotatable bonds is 1. The summed E-state index contributed by atoms with van der Waals surface area (Å²) in [6.45, 7) is 4.75. The van der Waals surface area contributed by atoms with Gasteiger partial charge in [0.15, 0.2) is 0 Å². The standard InChI is InChI=1S/C15H23NOS/c1-15(2)8-6-10(7-9-15)14-16-13-11(17)4-3-5-12(13)18-14/h10-11,17H,3-9H2,1-2H3. The topological polar surface area (TPSA) is 33.1 Å². The number of aryl methyl sites for hydroxylation is 1. The lowest BCUT2D eigenvalue weighted by Crippen LogP contribution is -2.20. The molecular weight excluding hydrogens is 242 g/mol. The minimum Gasteiger partial charge on any atom is -0.387 e. The highest BCUT2D eigenvalue weighted by Gasteiger charge is 2.31. The van der Waals surface area contributed by atoms with E-state index in [1.807, 2.05) is 11.3 Å². The van der Waals surface area contributed by atoms with Crippen LogP contribution in [0.1, 0.15) is 80.0 Å². The normalized spacial score (nSPS) is 28.1. The lowest BCUT2D eigenvalue weighted by atomic mass is 9.73. The predicted molar refractivity (Wildman–Crippen MR) is 75.0 cm³/mol. The molecule has 1 heterocycles. The molecule has 18 heavy (non-hydrogen) atoms. The van der Waals surface area contributed by atoms with E-state index in [2.05, 4.69) is 13.8 Å². The number of aliphatic hydroxyl groups excluding tert-OH is 1. The fraction of sp³-hybridized carbons (Fsp3) is 0.800. The van der Waals surface area contributed by atoms with Gasteiger partial charge in [-0.2, -0.15) is 0 Å². The van der Waals surface area contributed by atoms with Crippen molar-refractivity contribution in [2.24, 2.45) is 5.41 Å². The maximum absolute atomic E-state index is 10.0. The zero-order chi connectivity index (χ0) is 12.8. The fourth-order valence-corrected chi connectivity index (χ4v) is 4.57. The van der Waals surface area contributed by atoms with Crippen molar-refractivity contribution in [3.63, 3.8) is 0 Å². The molecule has 0 aromatic carbocycles. The molecule has 1 saturated carbocycles. The molecular formula is C15H23NOS. The van der Waals surface area contributed by atoms with Crippen LogP contribution in [0.15, 0.2) is 0 Å². The van der Waals surface area contributed by atoms with Crippen LogP contribution < -0.4 is 0 Å². The van der Waals surface area contributed by atoms with Crippen LogP contribution in [-0.2, 0) is 6.42 Å². The Hall–Kier alpha value is -0.410. The van der Waals surface area contributed by atoms with Crippen LogP contribution in [0.4, 0.5) is 0 Å². The summed E-state index contributed by atoms with van der Waals surface area (Å²) in [6, 6.07) is 0. The molecule has 2 nitrogen and oxygen atoms in total. The Morgan fingerprint density at radius 3 is 2.61 bits per heavy atom. The predicted octanol–water partition coefficient (Wildman–Crippen LogP) is 4.20. The van der Waals surface area contributed by atoms with Crippen molar-refractivity contribution in [2.75, 3.05) is 0 Å². The number of thiazole rings is 1. The highest BCUT2D eigenvalue weighted by atomic mass is 32.1. The van der Waals surface area contributed by atoms with Gasteiger partial charge < -0.3 is 5.11 Å². The molecule has 0 aliphatic heterocycles. The van der Waals surface area contributed by atoms with Crippen LogP contribution in [0.2, 0.25) is 0 Å². The zero-order valence-corrected chi connectivity index (χ0v) is 12.2. The molecule has 1 atom stereocenters. The fourth-order valence-electron chi connectivity index (χ4n) is 3.24. The van der Waals surface area contributed by atoms with Gasteiger partial charge in [-0.3, -0.25) is 0 Å². The molecule has 3 heteroatoms. The number of fused-ring (bicyclic) bond motifs is 1. The first-order valence-electron chi connectivity index (χ1n) is 7.23. The van der Waals surface area contributed by atoms with Crippen molar-refractivity contribution in [3.05, 3.63) is 15.6 Å². The lowest BCUT2D eigenvalue weighted by Gasteiger charge is -2.33. The molecule has 1 fully saturated rings. The van der Waals surface area contributed by atoms with Crippen molar-refractivity contribution in [2.45, 2.75) is 70.8 Å². The molecule has 3 rings (SSSR count). The first kappa shape index (κ1) is 12.6. The minimum absolute atomic E-state index is 0.293. The van der Waals surface area contributed by atoms with E-state index in [0.29, 0.717) is 11.3 Å². The molecule has 0 bridgehead atoms. The summed E-state index contributed by atoms with van der Waals surface area (Å²) in [7, 11) is 0. The lowest BCUT2D eigenvalue weighted by molar-refractivity contribution is 0.152. The zero-order valence-electron chi connectivity index (χ0n) is 11.4. The van der Waals surface area contributed by atoms with Gasteiger partial charge in [0.25, 0.3) is 0 Å². The van der Waals surface area contributed by atoms with Crippen LogP contribution in [0.3, 0.4) is 0 Å². The molecule has 1 aromatic rings. The Morgan fingerprint density at radius 1 is 1.22 bits per heavy atom. The van der Waals surface area contributed by atoms with E-state index in [1.54, 1.807) is 0 Å². The number of aromatic nitrogens is 1. The van der Waals surface area contributed by atoms with E-state index >= 15 is 0 Å². The smallest absolute Gasteiger partial charge is 0.0971 e. The Labute approximate surface area is 113 Å². The van der Waals surface area contributed by atoms with Gasteiger partial charge in [0.05, 0.1) is 16.8 Å². The van der Waals surface area contributed by atoms with Gasteiger partial charge in [0.2, 0.25) is 0 Å². The quantitative estimate of drug-likeness (QED) is 0.825. The Bertz CT molecular complexity index is 428. The molecule has 2 aliphatic rings. The highest BCUT2D eigenvalue weighted by Crippen LogP contribution is 2.45. The van der Waals surface area contributed by atoms with Gasteiger partial charge in [0, 0.05) is 10.8 Å². The number of nitrogens with zero attached hydrogens (tertiary/aromatic N) is 1. The largest absolute Gasteiger partial charge is 0.387 e. The highest BCUT2D eigenvalue weighted by molar-refractivity contribution is 7.11. The summed E-state index contributed by atoms with van der Waals surface area (Å²) < 4.78 is 0. The van der Waals surface area contributed by atoms with Crippen molar-refractivity contribution in [3.8, 4) is 0 Å². The molecule has 100 valence electrons. The van der Waals surface area contributed by atoms with Gasteiger partial charge in [-0.05, 0) is 50.4 Å². The van der Waals surface area contributed by atoms with E-state index in [-0.39, 0.29) is 6.10 Å². The van der Waals surface area contributed by atoms with Gasteiger partial charge in [-0.25, -0.2) is 4.98 Å². The maximum Gasteiger partial charge on any atom is 0.0971 e. The Balaban J connectivity index is 1.78. The summed E-state index contributed by atoms with van der Waals surface area (Å²) in [6.07, 6.45) is 8.02. The third-order valence-corrected chi connectivity index (χ3v) is 5.92. The first-order chi connectivity index (χ1) is 8.55. The Morgan fingerprint density at radius 2 is 1.94 bits per heavy atom. The molecule has 0 saturated heterocycles. The van der Waals surface area contributed by atoms with Gasteiger partial charge in [-0.15, -0.1) is 11.3 Å². The van der Waals surface area contributed by atoms with Crippen LogP contribution in [0.25, 0.3) is 0 Å². The van der Waals surface area contributed by atoms with Crippen molar-refractivity contribution in [1.29, 1.82) is 0 Å². The van der Waals surface area contributed by atoms with Crippen molar-refractivity contribution >= 4 is 11.3 Å². The van der Waals surface area contributed by atoms with Crippen LogP contribution in [0, 0.1) is 5.41 Å². The van der Waals surface area contributed by atoms with E-state index in [4.69, 9.17) is 4.98 Å². The number of hydrogen-bond acceptors (Lipinski definition) is 3. The van der Waals surface area contributed by atoms with Gasteiger partial charge >= 0.3 is 0 Å². The second-order valence-corrected chi connectivity index (χ2v) is 7.82. The van der Waals surface area contributed by atoms with Gasteiger partial charge in [-0.1, -0.05) is 13.8 Å². The molecule has 0 amide bonds. The third-order valence-electron chi connectivity index (χ3n) is 4.63.